The van der Waals surface area contributed by atoms with Crippen molar-refractivity contribution in [2.75, 3.05) is 26.3 Å². The van der Waals surface area contributed by atoms with Crippen LogP contribution in [-0.2, 0) is 4.74 Å². The number of hydrogen-bond donors (Lipinski definition) is 0. The molecule has 0 spiro atoms. The maximum absolute atomic E-state index is 5.37. The van der Waals surface area contributed by atoms with Gasteiger partial charge in [-0.1, -0.05) is 11.6 Å². The Morgan fingerprint density at radius 1 is 1.33 bits per heavy atom. The van der Waals surface area contributed by atoms with Gasteiger partial charge in [0.25, 0.3) is 0 Å². The molecule has 0 radical (unpaired) electrons. The highest BCUT2D eigenvalue weighted by Gasteiger charge is 2.03. The minimum atomic E-state index is 0.821. The summed E-state index contributed by atoms with van der Waals surface area (Å²) < 4.78 is 5.13. The number of ether oxygens (including phenoxy) is 1. The normalized spacial score (nSPS) is 21.2. The molecule has 0 aromatic rings. The highest BCUT2D eigenvalue weighted by Crippen LogP contribution is 1.97. The van der Waals surface area contributed by atoms with Crippen molar-refractivity contribution in [3.8, 4) is 0 Å². The third-order valence-electron chi connectivity index (χ3n) is 1.31. The Hall–Kier alpha value is -0.210. The van der Waals surface area contributed by atoms with Gasteiger partial charge in [-0.2, -0.15) is 0 Å². The van der Waals surface area contributed by atoms with Crippen molar-refractivity contribution in [3.63, 3.8) is 0 Å². The van der Waals surface area contributed by atoms with E-state index in [4.69, 9.17) is 16.3 Å². The van der Waals surface area contributed by atoms with E-state index in [1.54, 1.807) is 0 Å². The first-order valence-corrected chi connectivity index (χ1v) is 3.46. The summed E-state index contributed by atoms with van der Waals surface area (Å²) in [7, 11) is 0. The highest BCUT2D eigenvalue weighted by atomic mass is 35.5. The van der Waals surface area contributed by atoms with Crippen LogP contribution in [0.3, 0.4) is 0 Å². The molecule has 52 valence electrons. The van der Waals surface area contributed by atoms with Crippen molar-refractivity contribution < 1.29 is 4.74 Å². The topological polar surface area (TPSA) is 12.5 Å². The second-order valence-corrected chi connectivity index (χ2v) is 2.18. The third-order valence-corrected chi connectivity index (χ3v) is 1.43. The predicted molar refractivity (Wildman–Crippen MR) is 37.4 cm³/mol. The van der Waals surface area contributed by atoms with Gasteiger partial charge in [0.15, 0.2) is 0 Å². The second kappa shape index (κ2) is 3.75. The average molecular weight is 148 g/mol. The van der Waals surface area contributed by atoms with E-state index in [9.17, 15) is 0 Å². The van der Waals surface area contributed by atoms with Crippen LogP contribution in [-0.4, -0.2) is 31.2 Å². The molecule has 1 rings (SSSR count). The van der Waals surface area contributed by atoms with E-state index in [1.165, 1.54) is 5.54 Å². The van der Waals surface area contributed by atoms with Crippen molar-refractivity contribution in [3.05, 3.63) is 11.7 Å². The molecule has 1 saturated heterocycles. The molecule has 0 unspecified atom stereocenters. The Bertz CT molecular complexity index is 99.2. The van der Waals surface area contributed by atoms with Crippen molar-refractivity contribution >= 4 is 11.6 Å². The summed E-state index contributed by atoms with van der Waals surface area (Å²) in [6.45, 7) is 3.56. The SMILES string of the molecule is ClC=CN1CCOCC1. The molecule has 0 saturated carbocycles. The minimum absolute atomic E-state index is 0.821. The average Bonchev–Trinajstić information content (AvgIpc) is 1.91. The molecule has 1 aliphatic rings. The molecule has 3 heteroatoms. The van der Waals surface area contributed by atoms with Crippen LogP contribution < -0.4 is 0 Å². The Kier molecular flexibility index (Phi) is 2.87. The summed E-state index contributed by atoms with van der Waals surface area (Å²) in [5.41, 5.74) is 1.53. The summed E-state index contributed by atoms with van der Waals surface area (Å²) in [5, 5.41) is 0. The zero-order chi connectivity index (χ0) is 6.53. The van der Waals surface area contributed by atoms with E-state index in [-0.39, 0.29) is 0 Å². The lowest BCUT2D eigenvalue weighted by molar-refractivity contribution is 0.0595. The standard InChI is InChI=1S/C6H10ClNO/c7-1-2-8-3-5-9-6-4-8/h1-2H,3-6H2. The van der Waals surface area contributed by atoms with E-state index in [0.717, 1.165) is 26.3 Å². The molecule has 1 fully saturated rings. The van der Waals surface area contributed by atoms with Crippen LogP contribution >= 0.6 is 11.6 Å². The van der Waals surface area contributed by atoms with Crippen molar-refractivity contribution in [2.45, 2.75) is 0 Å². The zero-order valence-corrected chi connectivity index (χ0v) is 5.97. The summed E-state index contributed by atoms with van der Waals surface area (Å²) in [5.74, 6) is 0. The summed E-state index contributed by atoms with van der Waals surface area (Å²) in [6.07, 6.45) is 1.88. The van der Waals surface area contributed by atoms with Crippen LogP contribution in [0.2, 0.25) is 0 Å². The van der Waals surface area contributed by atoms with Gasteiger partial charge in [0.05, 0.1) is 13.2 Å². The van der Waals surface area contributed by atoms with Crippen LogP contribution in [0.25, 0.3) is 0 Å². The molecule has 0 N–H and O–H groups in total. The quantitative estimate of drug-likeness (QED) is 0.550. The van der Waals surface area contributed by atoms with Crippen LogP contribution in [0.15, 0.2) is 11.7 Å². The fraction of sp³-hybridized carbons (Fsp3) is 0.667. The molecule has 0 aromatic carbocycles. The van der Waals surface area contributed by atoms with Gasteiger partial charge in [-0.15, -0.1) is 0 Å². The number of halogens is 1. The summed E-state index contributed by atoms with van der Waals surface area (Å²) in [4.78, 5) is 2.14. The van der Waals surface area contributed by atoms with E-state index in [2.05, 4.69) is 4.90 Å². The lowest BCUT2D eigenvalue weighted by atomic mass is 10.5. The monoisotopic (exact) mass is 147 g/mol. The van der Waals surface area contributed by atoms with Gasteiger partial charge in [0.2, 0.25) is 0 Å². The van der Waals surface area contributed by atoms with Crippen LogP contribution in [0.1, 0.15) is 0 Å². The van der Waals surface area contributed by atoms with E-state index >= 15 is 0 Å². The molecular formula is C6H10ClNO. The molecule has 0 atom stereocenters. The van der Waals surface area contributed by atoms with E-state index in [1.807, 2.05) is 6.20 Å². The van der Waals surface area contributed by atoms with Crippen molar-refractivity contribution in [2.24, 2.45) is 0 Å². The largest absolute Gasteiger partial charge is 0.378 e. The lowest BCUT2D eigenvalue weighted by Gasteiger charge is -2.24. The van der Waals surface area contributed by atoms with Crippen molar-refractivity contribution in [1.82, 2.24) is 4.90 Å². The fourth-order valence-corrected chi connectivity index (χ4v) is 0.966. The van der Waals surface area contributed by atoms with Gasteiger partial charge in [0, 0.05) is 24.8 Å². The van der Waals surface area contributed by atoms with Crippen LogP contribution in [0, 0.1) is 0 Å². The Labute approximate surface area is 60.0 Å². The Morgan fingerprint density at radius 2 is 2.00 bits per heavy atom. The fourth-order valence-electron chi connectivity index (χ4n) is 0.806. The van der Waals surface area contributed by atoms with E-state index in [0.29, 0.717) is 0 Å². The first kappa shape index (κ1) is 6.90. The van der Waals surface area contributed by atoms with Gasteiger partial charge in [0.1, 0.15) is 0 Å². The molecule has 1 heterocycles. The molecule has 9 heavy (non-hydrogen) atoms. The van der Waals surface area contributed by atoms with Gasteiger partial charge in [-0.3, -0.25) is 0 Å². The summed E-state index contributed by atoms with van der Waals surface area (Å²) in [6, 6.07) is 0. The maximum atomic E-state index is 5.37. The smallest absolute Gasteiger partial charge is 0.0642 e. The first-order valence-electron chi connectivity index (χ1n) is 3.02. The predicted octanol–water partition coefficient (Wildman–Crippen LogP) is 1.03. The second-order valence-electron chi connectivity index (χ2n) is 1.92. The van der Waals surface area contributed by atoms with E-state index < -0.39 is 0 Å². The van der Waals surface area contributed by atoms with Gasteiger partial charge >= 0.3 is 0 Å². The molecule has 0 aromatic heterocycles. The van der Waals surface area contributed by atoms with Gasteiger partial charge < -0.3 is 9.64 Å². The molecule has 0 bridgehead atoms. The first-order chi connectivity index (χ1) is 4.43. The molecule has 0 aliphatic carbocycles. The van der Waals surface area contributed by atoms with Crippen LogP contribution in [0.5, 0.6) is 0 Å². The van der Waals surface area contributed by atoms with Gasteiger partial charge in [-0.25, -0.2) is 0 Å². The number of hydrogen-bond acceptors (Lipinski definition) is 2. The lowest BCUT2D eigenvalue weighted by Crippen LogP contribution is -2.31. The Morgan fingerprint density at radius 3 is 2.56 bits per heavy atom. The molecule has 0 amide bonds. The summed E-state index contributed by atoms with van der Waals surface area (Å²) >= 11 is 5.37. The van der Waals surface area contributed by atoms with Crippen molar-refractivity contribution in [1.29, 1.82) is 0 Å². The molecule has 2 nitrogen and oxygen atoms in total. The van der Waals surface area contributed by atoms with Crippen LogP contribution in [0.4, 0.5) is 0 Å². The molecular weight excluding hydrogens is 138 g/mol. The number of morpholine rings is 1. The highest BCUT2D eigenvalue weighted by molar-refractivity contribution is 6.25. The number of rotatable bonds is 1. The third kappa shape index (κ3) is 2.24. The zero-order valence-electron chi connectivity index (χ0n) is 5.22. The molecule has 1 aliphatic heterocycles. The maximum Gasteiger partial charge on any atom is 0.0642 e. The Balaban J connectivity index is 2.23. The number of nitrogens with zero attached hydrogens (tertiary/aromatic N) is 1. The minimum Gasteiger partial charge on any atom is -0.378 e. The van der Waals surface area contributed by atoms with Gasteiger partial charge in [-0.05, 0) is 0 Å².